The van der Waals surface area contributed by atoms with Crippen LogP contribution in [0.5, 0.6) is 17.2 Å². The number of ether oxygens (including phenoxy) is 3. The zero-order chi connectivity index (χ0) is 21.9. The first-order valence-electron chi connectivity index (χ1n) is 11.0. The van der Waals surface area contributed by atoms with Crippen molar-refractivity contribution in [3.63, 3.8) is 0 Å². The lowest BCUT2D eigenvalue weighted by molar-refractivity contribution is 0.173. The first kappa shape index (κ1) is 20.5. The lowest BCUT2D eigenvalue weighted by Gasteiger charge is -2.33. The molecule has 0 saturated carbocycles. The average Bonchev–Trinajstić information content (AvgIpc) is 3.27. The molecule has 2 aliphatic rings. The number of fused-ring (bicyclic) bond motifs is 1. The summed E-state index contributed by atoms with van der Waals surface area (Å²) in [6.07, 6.45) is 5.45. The number of H-pyrrole nitrogens is 1. The van der Waals surface area contributed by atoms with Crippen molar-refractivity contribution in [2.75, 3.05) is 26.5 Å². The molecule has 0 aliphatic carbocycles. The quantitative estimate of drug-likeness (QED) is 0.636. The molecule has 0 radical (unpaired) electrons. The Bertz CT molecular complexity index is 1150. The van der Waals surface area contributed by atoms with Gasteiger partial charge in [-0.25, -0.2) is 4.98 Å². The molecule has 5 rings (SSSR count). The van der Waals surface area contributed by atoms with Crippen LogP contribution in [0.3, 0.4) is 0 Å². The number of rotatable bonds is 6. The molecule has 1 atom stereocenters. The Hall–Kier alpha value is -3.39. The Morgan fingerprint density at radius 1 is 1.25 bits per heavy atom. The molecule has 1 aromatic carbocycles. The second-order valence-corrected chi connectivity index (χ2v) is 8.08. The summed E-state index contributed by atoms with van der Waals surface area (Å²) in [5, 5.41) is 0. The first-order chi connectivity index (χ1) is 15.7. The summed E-state index contributed by atoms with van der Waals surface area (Å²) in [5.41, 5.74) is 2.57. The Balaban J connectivity index is 1.37. The molecule has 2 aromatic heterocycles. The van der Waals surface area contributed by atoms with E-state index in [1.807, 2.05) is 31.2 Å². The third-order valence-corrected chi connectivity index (χ3v) is 5.87. The summed E-state index contributed by atoms with van der Waals surface area (Å²) in [7, 11) is 0. The van der Waals surface area contributed by atoms with Crippen molar-refractivity contribution in [3.05, 3.63) is 64.3 Å². The summed E-state index contributed by atoms with van der Waals surface area (Å²) < 4.78 is 16.9. The molecular weight excluding hydrogens is 408 g/mol. The molecule has 0 amide bonds. The Labute approximate surface area is 186 Å². The van der Waals surface area contributed by atoms with Crippen LogP contribution < -0.4 is 19.8 Å². The number of likely N-dealkylation sites (tertiary alicyclic amines) is 1. The average molecular weight is 434 g/mol. The summed E-state index contributed by atoms with van der Waals surface area (Å²) in [4.78, 5) is 26.5. The second-order valence-electron chi connectivity index (χ2n) is 8.08. The van der Waals surface area contributed by atoms with E-state index in [1.54, 1.807) is 18.5 Å². The van der Waals surface area contributed by atoms with Crippen LogP contribution in [0.4, 0.5) is 0 Å². The van der Waals surface area contributed by atoms with E-state index in [-0.39, 0.29) is 18.3 Å². The lowest BCUT2D eigenvalue weighted by Crippen LogP contribution is -2.34. The van der Waals surface area contributed by atoms with Crippen LogP contribution >= 0.6 is 0 Å². The minimum Gasteiger partial charge on any atom is -0.493 e. The molecule has 2 aliphatic heterocycles. The molecule has 166 valence electrons. The second kappa shape index (κ2) is 9.00. The number of pyridine rings is 1. The summed E-state index contributed by atoms with van der Waals surface area (Å²) in [6, 6.07) is 9.30. The van der Waals surface area contributed by atoms with Crippen molar-refractivity contribution in [1.29, 1.82) is 0 Å². The minimum atomic E-state index is -0.139. The smallest absolute Gasteiger partial charge is 0.251 e. The largest absolute Gasteiger partial charge is 0.493 e. The van der Waals surface area contributed by atoms with E-state index in [4.69, 9.17) is 19.2 Å². The fraction of sp³-hybridized carbons (Fsp3) is 0.375. The number of nitrogens with zero attached hydrogens (tertiary/aromatic N) is 3. The van der Waals surface area contributed by atoms with E-state index in [9.17, 15) is 4.79 Å². The summed E-state index contributed by atoms with van der Waals surface area (Å²) in [6.45, 7) is 5.34. The predicted octanol–water partition coefficient (Wildman–Crippen LogP) is 3.34. The third-order valence-electron chi connectivity index (χ3n) is 5.87. The van der Waals surface area contributed by atoms with E-state index in [2.05, 4.69) is 14.9 Å². The van der Waals surface area contributed by atoms with Crippen LogP contribution in [0, 0.1) is 0 Å². The molecule has 1 saturated heterocycles. The van der Waals surface area contributed by atoms with Gasteiger partial charge in [-0.2, -0.15) is 0 Å². The maximum absolute atomic E-state index is 12.4. The Morgan fingerprint density at radius 2 is 2.12 bits per heavy atom. The number of nitrogens with one attached hydrogen (secondary N) is 1. The highest BCUT2D eigenvalue weighted by atomic mass is 16.7. The number of aromatic amines is 1. The molecule has 0 bridgehead atoms. The van der Waals surface area contributed by atoms with E-state index >= 15 is 0 Å². The van der Waals surface area contributed by atoms with Gasteiger partial charge in [0, 0.05) is 54.7 Å². The Kier molecular flexibility index (Phi) is 5.77. The highest BCUT2D eigenvalue weighted by molar-refractivity contribution is 5.53. The maximum atomic E-state index is 12.4. The molecule has 3 aromatic rings. The van der Waals surface area contributed by atoms with Gasteiger partial charge in [-0.3, -0.25) is 14.7 Å². The van der Waals surface area contributed by atoms with Gasteiger partial charge in [0.15, 0.2) is 11.5 Å². The van der Waals surface area contributed by atoms with E-state index in [0.717, 1.165) is 66.5 Å². The standard InChI is InChI=1S/C24H26N4O4/c1-2-30-20-11-22-21(31-15-32-22)9-18(20)14-28-8-4-6-17(13-28)19-10-23(29)27-24(26-19)16-5-3-7-25-12-16/h3,5,7,9-12,17H,2,4,6,8,13-15H2,1H3,(H,26,27,29). The van der Waals surface area contributed by atoms with E-state index in [1.165, 1.54) is 0 Å². The minimum absolute atomic E-state index is 0.139. The van der Waals surface area contributed by atoms with Gasteiger partial charge in [0.05, 0.1) is 12.3 Å². The first-order valence-corrected chi connectivity index (χ1v) is 11.0. The van der Waals surface area contributed by atoms with Gasteiger partial charge in [0.1, 0.15) is 11.6 Å². The fourth-order valence-electron chi connectivity index (χ4n) is 4.39. The van der Waals surface area contributed by atoms with Crippen molar-refractivity contribution in [2.45, 2.75) is 32.2 Å². The fourth-order valence-corrected chi connectivity index (χ4v) is 4.39. The summed E-state index contributed by atoms with van der Waals surface area (Å²) >= 11 is 0. The molecule has 1 unspecified atom stereocenters. The van der Waals surface area contributed by atoms with Crippen LogP contribution in [0.1, 0.15) is 36.9 Å². The van der Waals surface area contributed by atoms with Gasteiger partial charge < -0.3 is 19.2 Å². The molecule has 4 heterocycles. The molecule has 8 heteroatoms. The number of aromatic nitrogens is 3. The van der Waals surface area contributed by atoms with Gasteiger partial charge in [-0.15, -0.1) is 0 Å². The Morgan fingerprint density at radius 3 is 2.94 bits per heavy atom. The molecule has 1 fully saturated rings. The number of hydrogen-bond acceptors (Lipinski definition) is 7. The van der Waals surface area contributed by atoms with Crippen LogP contribution in [-0.2, 0) is 6.54 Å². The maximum Gasteiger partial charge on any atom is 0.251 e. The predicted molar refractivity (Wildman–Crippen MR) is 119 cm³/mol. The highest BCUT2D eigenvalue weighted by Gasteiger charge is 2.25. The monoisotopic (exact) mass is 434 g/mol. The molecular formula is C24H26N4O4. The zero-order valence-electron chi connectivity index (χ0n) is 18.0. The summed E-state index contributed by atoms with van der Waals surface area (Å²) in [5.74, 6) is 3.06. The van der Waals surface area contributed by atoms with Gasteiger partial charge in [-0.05, 0) is 44.5 Å². The van der Waals surface area contributed by atoms with Gasteiger partial charge in [0.2, 0.25) is 6.79 Å². The number of benzene rings is 1. The van der Waals surface area contributed by atoms with Crippen LogP contribution in [0.15, 0.2) is 47.5 Å². The van der Waals surface area contributed by atoms with E-state index in [0.29, 0.717) is 12.4 Å². The normalized spacial score (nSPS) is 18.0. The molecule has 32 heavy (non-hydrogen) atoms. The van der Waals surface area contributed by atoms with Crippen molar-refractivity contribution in [3.8, 4) is 28.6 Å². The van der Waals surface area contributed by atoms with E-state index < -0.39 is 0 Å². The van der Waals surface area contributed by atoms with Crippen LogP contribution in [-0.4, -0.2) is 46.3 Å². The topological polar surface area (TPSA) is 89.6 Å². The number of hydrogen-bond donors (Lipinski definition) is 1. The highest BCUT2D eigenvalue weighted by Crippen LogP contribution is 2.39. The molecule has 1 N–H and O–H groups in total. The van der Waals surface area contributed by atoms with Crippen molar-refractivity contribution in [1.82, 2.24) is 19.9 Å². The molecule has 8 nitrogen and oxygen atoms in total. The lowest BCUT2D eigenvalue weighted by atomic mass is 9.94. The van der Waals surface area contributed by atoms with Crippen molar-refractivity contribution in [2.24, 2.45) is 0 Å². The van der Waals surface area contributed by atoms with Crippen LogP contribution in [0.25, 0.3) is 11.4 Å². The zero-order valence-corrected chi connectivity index (χ0v) is 18.0. The SMILES string of the molecule is CCOc1cc2c(cc1CN1CCCC(c3cc(=O)[nH]c(-c4cccnc4)n3)C1)OCO2. The van der Waals surface area contributed by atoms with Crippen LogP contribution in [0.2, 0.25) is 0 Å². The van der Waals surface area contributed by atoms with Crippen molar-refractivity contribution >= 4 is 0 Å². The number of piperidine rings is 1. The van der Waals surface area contributed by atoms with Gasteiger partial charge >= 0.3 is 0 Å². The van der Waals surface area contributed by atoms with Gasteiger partial charge in [0.25, 0.3) is 5.56 Å². The van der Waals surface area contributed by atoms with Gasteiger partial charge in [-0.1, -0.05) is 0 Å². The third kappa shape index (κ3) is 4.31. The van der Waals surface area contributed by atoms with Crippen molar-refractivity contribution < 1.29 is 14.2 Å². The molecule has 0 spiro atoms.